The molecule has 0 radical (unpaired) electrons. The van der Waals surface area contributed by atoms with E-state index in [-0.39, 0.29) is 20.0 Å². The molecule has 2 rings (SSSR count). The lowest BCUT2D eigenvalue weighted by Gasteiger charge is -2.17. The molecule has 0 aromatic heterocycles. The molecule has 0 fully saturated rings. The van der Waals surface area contributed by atoms with Crippen molar-refractivity contribution in [1.29, 1.82) is 0 Å². The van der Waals surface area contributed by atoms with Gasteiger partial charge in [-0.2, -0.15) is 8.78 Å². The molecule has 0 saturated heterocycles. The Hall–Kier alpha value is -1.56. The maximum atomic E-state index is 12.7. The third kappa shape index (κ3) is 5.71. The van der Waals surface area contributed by atoms with E-state index >= 15 is 0 Å². The van der Waals surface area contributed by atoms with Gasteiger partial charge in [-0.3, -0.25) is 0 Å². The van der Waals surface area contributed by atoms with Gasteiger partial charge in [0.25, 0.3) is 0 Å². The second-order valence-electron chi connectivity index (χ2n) is 5.66. The molecule has 2 aromatic carbocycles. The van der Waals surface area contributed by atoms with Gasteiger partial charge in [0.05, 0.1) is 9.79 Å². The molecule has 2 aromatic rings. The van der Waals surface area contributed by atoms with Crippen LogP contribution in [0.5, 0.6) is 5.75 Å². The van der Waals surface area contributed by atoms with Crippen molar-refractivity contribution in [3.63, 3.8) is 0 Å². The first-order valence-corrected chi connectivity index (χ1v) is 11.6. The summed E-state index contributed by atoms with van der Waals surface area (Å²) in [5, 5.41) is 0. The summed E-state index contributed by atoms with van der Waals surface area (Å²) in [6.45, 7) is -1.48. The number of alkyl halides is 2. The van der Waals surface area contributed by atoms with Crippen molar-refractivity contribution in [2.75, 3.05) is 6.26 Å². The fraction of sp³-hybridized carbons (Fsp3) is 0.250. The summed E-state index contributed by atoms with van der Waals surface area (Å²) in [6.07, 6.45) is 0.969. The van der Waals surface area contributed by atoms with Gasteiger partial charge in [0.2, 0.25) is 10.0 Å². The normalized spacial score (nSPS) is 13.6. The van der Waals surface area contributed by atoms with Crippen LogP contribution in [0.4, 0.5) is 8.78 Å². The first-order chi connectivity index (χ1) is 12.4. The zero-order valence-corrected chi connectivity index (χ0v) is 17.4. The molecule has 0 bridgehead atoms. The third-order valence-corrected chi connectivity index (χ3v) is 7.18. The number of sulfone groups is 1. The number of benzene rings is 2. The van der Waals surface area contributed by atoms with Gasteiger partial charge < -0.3 is 4.74 Å². The van der Waals surface area contributed by atoms with E-state index in [9.17, 15) is 25.6 Å². The molecule has 0 spiro atoms. The summed E-state index contributed by atoms with van der Waals surface area (Å²) < 4.78 is 80.3. The summed E-state index contributed by atoms with van der Waals surface area (Å²) in [4.78, 5) is -0.400. The van der Waals surface area contributed by atoms with Gasteiger partial charge in [-0.05, 0) is 58.7 Å². The summed E-state index contributed by atoms with van der Waals surface area (Å²) in [5.74, 6) is -0.103. The van der Waals surface area contributed by atoms with E-state index in [0.717, 1.165) is 12.3 Å². The Kier molecular flexibility index (Phi) is 6.61. The molecular weight excluding hydrogens is 468 g/mol. The van der Waals surface area contributed by atoms with Gasteiger partial charge in [-0.15, -0.1) is 0 Å². The van der Waals surface area contributed by atoms with Crippen molar-refractivity contribution in [2.24, 2.45) is 0 Å². The molecule has 148 valence electrons. The van der Waals surface area contributed by atoms with Crippen molar-refractivity contribution >= 4 is 35.8 Å². The van der Waals surface area contributed by atoms with E-state index in [1.54, 1.807) is 6.07 Å². The number of rotatable bonds is 7. The van der Waals surface area contributed by atoms with Crippen LogP contribution in [0.1, 0.15) is 18.5 Å². The Bertz CT molecular complexity index is 1040. The fourth-order valence-corrected chi connectivity index (χ4v) is 5.19. The average molecular weight is 484 g/mol. The van der Waals surface area contributed by atoms with Crippen molar-refractivity contribution < 1.29 is 30.4 Å². The highest BCUT2D eigenvalue weighted by Gasteiger charge is 2.23. The van der Waals surface area contributed by atoms with Gasteiger partial charge in [-0.1, -0.05) is 12.1 Å². The topological polar surface area (TPSA) is 89.5 Å². The SMILES string of the molecule is CC(NS(=O)(=O)c1cc(S(C)(=O)=O)ccc1Br)c1cccc(OC(F)F)c1. The molecule has 1 unspecified atom stereocenters. The van der Waals surface area contributed by atoms with Crippen LogP contribution in [0, 0.1) is 0 Å². The molecule has 1 atom stereocenters. The van der Waals surface area contributed by atoms with E-state index in [1.807, 2.05) is 0 Å². The molecule has 1 N–H and O–H groups in total. The maximum Gasteiger partial charge on any atom is 0.387 e. The highest BCUT2D eigenvalue weighted by molar-refractivity contribution is 9.10. The van der Waals surface area contributed by atoms with E-state index in [1.165, 1.54) is 37.3 Å². The minimum Gasteiger partial charge on any atom is -0.435 e. The monoisotopic (exact) mass is 483 g/mol. The summed E-state index contributed by atoms with van der Waals surface area (Å²) >= 11 is 3.10. The fourth-order valence-electron chi connectivity index (χ4n) is 2.24. The van der Waals surface area contributed by atoms with E-state index in [4.69, 9.17) is 0 Å². The number of nitrogens with one attached hydrogen (secondary N) is 1. The van der Waals surface area contributed by atoms with Gasteiger partial charge in [0, 0.05) is 16.8 Å². The van der Waals surface area contributed by atoms with Gasteiger partial charge in [-0.25, -0.2) is 21.6 Å². The average Bonchev–Trinajstić information content (AvgIpc) is 2.53. The Balaban J connectivity index is 2.34. The van der Waals surface area contributed by atoms with Crippen LogP contribution in [0.3, 0.4) is 0 Å². The second-order valence-corrected chi connectivity index (χ2v) is 10.2. The Labute approximate surface area is 164 Å². The van der Waals surface area contributed by atoms with Gasteiger partial charge in [0.1, 0.15) is 5.75 Å². The first kappa shape index (κ1) is 21.7. The summed E-state index contributed by atoms with van der Waals surface area (Å²) in [6, 6.07) is 8.49. The Morgan fingerprint density at radius 2 is 1.74 bits per heavy atom. The van der Waals surface area contributed by atoms with Gasteiger partial charge >= 0.3 is 6.61 Å². The predicted molar refractivity (Wildman–Crippen MR) is 99.1 cm³/mol. The molecule has 0 amide bonds. The smallest absolute Gasteiger partial charge is 0.387 e. The van der Waals surface area contributed by atoms with E-state index in [2.05, 4.69) is 25.4 Å². The number of hydrogen-bond acceptors (Lipinski definition) is 5. The molecule has 6 nitrogen and oxygen atoms in total. The largest absolute Gasteiger partial charge is 0.435 e. The predicted octanol–water partition coefficient (Wildman–Crippen LogP) is 3.49. The zero-order chi connectivity index (χ0) is 20.4. The molecular formula is C16H16BrF2NO5S2. The lowest BCUT2D eigenvalue weighted by molar-refractivity contribution is -0.0499. The number of ether oxygens (including phenoxy) is 1. The standard InChI is InChI=1S/C16H16BrF2NO5S2/c1-10(11-4-3-5-12(8-11)25-16(18)19)20-27(23,24)15-9-13(26(2,21)22)6-7-14(15)17/h3-10,16,20H,1-2H3. The molecule has 0 heterocycles. The van der Waals surface area contributed by atoms with Crippen LogP contribution in [-0.2, 0) is 19.9 Å². The van der Waals surface area contributed by atoms with Crippen LogP contribution in [0.15, 0.2) is 56.7 Å². The molecule has 11 heteroatoms. The van der Waals surface area contributed by atoms with Crippen molar-refractivity contribution in [3.8, 4) is 5.75 Å². The van der Waals surface area contributed by atoms with Crippen molar-refractivity contribution in [2.45, 2.75) is 29.4 Å². The highest BCUT2D eigenvalue weighted by Crippen LogP contribution is 2.27. The van der Waals surface area contributed by atoms with Crippen LogP contribution in [0.25, 0.3) is 0 Å². The van der Waals surface area contributed by atoms with E-state index in [0.29, 0.717) is 5.56 Å². The van der Waals surface area contributed by atoms with Gasteiger partial charge in [0.15, 0.2) is 9.84 Å². The minimum absolute atomic E-state index is 0.103. The van der Waals surface area contributed by atoms with Crippen LogP contribution >= 0.6 is 15.9 Å². The van der Waals surface area contributed by atoms with Crippen LogP contribution in [-0.4, -0.2) is 29.7 Å². The minimum atomic E-state index is -4.11. The molecule has 0 saturated carbocycles. The summed E-state index contributed by atoms with van der Waals surface area (Å²) in [7, 11) is -7.71. The number of hydrogen-bond donors (Lipinski definition) is 1. The molecule has 27 heavy (non-hydrogen) atoms. The maximum absolute atomic E-state index is 12.7. The first-order valence-electron chi connectivity index (χ1n) is 7.47. The third-order valence-electron chi connectivity index (χ3n) is 3.54. The van der Waals surface area contributed by atoms with Crippen LogP contribution < -0.4 is 9.46 Å². The number of halogens is 3. The quantitative estimate of drug-likeness (QED) is 0.650. The number of sulfonamides is 1. The highest BCUT2D eigenvalue weighted by atomic mass is 79.9. The Morgan fingerprint density at radius 1 is 1.07 bits per heavy atom. The molecule has 0 aliphatic carbocycles. The molecule has 0 aliphatic rings. The zero-order valence-electron chi connectivity index (χ0n) is 14.2. The van der Waals surface area contributed by atoms with Crippen molar-refractivity contribution in [1.82, 2.24) is 4.72 Å². The lowest BCUT2D eigenvalue weighted by Crippen LogP contribution is -2.27. The Morgan fingerprint density at radius 3 is 2.33 bits per heavy atom. The molecule has 0 aliphatic heterocycles. The van der Waals surface area contributed by atoms with E-state index < -0.39 is 32.5 Å². The van der Waals surface area contributed by atoms with Crippen LogP contribution in [0.2, 0.25) is 0 Å². The summed E-state index contributed by atoms with van der Waals surface area (Å²) in [5.41, 5.74) is 0.395. The second kappa shape index (κ2) is 8.21. The van der Waals surface area contributed by atoms with Crippen molar-refractivity contribution in [3.05, 3.63) is 52.5 Å². The lowest BCUT2D eigenvalue weighted by atomic mass is 10.1.